The van der Waals surface area contributed by atoms with Crippen LogP contribution in [-0.2, 0) is 13.5 Å². The number of nitrogens with zero attached hydrogens (tertiary/aromatic N) is 4. The Bertz CT molecular complexity index is 588. The van der Waals surface area contributed by atoms with E-state index in [-0.39, 0.29) is 5.78 Å². The van der Waals surface area contributed by atoms with Crippen LogP contribution in [0.4, 0.5) is 0 Å². The first-order valence-corrected chi connectivity index (χ1v) is 5.62. The van der Waals surface area contributed by atoms with Gasteiger partial charge in [0, 0.05) is 25.9 Å². The minimum Gasteiger partial charge on any atom is -0.294 e. The highest BCUT2D eigenvalue weighted by atomic mass is 16.1. The van der Waals surface area contributed by atoms with Crippen LogP contribution in [0, 0.1) is 0 Å². The number of ketones is 1. The van der Waals surface area contributed by atoms with E-state index in [0.29, 0.717) is 17.8 Å². The van der Waals surface area contributed by atoms with Crippen LogP contribution in [0.15, 0.2) is 18.6 Å². The summed E-state index contributed by atoms with van der Waals surface area (Å²) in [5.74, 6) is 0.801. The summed E-state index contributed by atoms with van der Waals surface area (Å²) in [5.41, 5.74) is 2.44. The molecule has 0 saturated carbocycles. The summed E-state index contributed by atoms with van der Waals surface area (Å²) in [4.78, 5) is 20.3. The quantitative estimate of drug-likeness (QED) is 0.740. The van der Waals surface area contributed by atoms with Crippen molar-refractivity contribution in [2.45, 2.75) is 19.3 Å². The minimum atomic E-state index is 0.156. The number of aryl methyl sites for hydroxylation is 2. The topological polar surface area (TPSA) is 60.7 Å². The third-order valence-corrected chi connectivity index (χ3v) is 2.95. The third-order valence-electron chi connectivity index (χ3n) is 2.95. The van der Waals surface area contributed by atoms with Crippen molar-refractivity contribution in [3.05, 3.63) is 29.8 Å². The van der Waals surface area contributed by atoms with Crippen LogP contribution in [-0.4, -0.2) is 25.5 Å². The van der Waals surface area contributed by atoms with Crippen molar-refractivity contribution in [2.75, 3.05) is 0 Å². The molecule has 5 heteroatoms. The second-order valence-electron chi connectivity index (χ2n) is 4.23. The Morgan fingerprint density at radius 1 is 1.29 bits per heavy atom. The first-order valence-electron chi connectivity index (χ1n) is 5.62. The number of Topliss-reactive ketones (excluding diaryl/α,β-unsaturated/α-hetero) is 1. The Kier molecular flexibility index (Phi) is 2.24. The van der Waals surface area contributed by atoms with E-state index >= 15 is 0 Å². The Morgan fingerprint density at radius 2 is 2.18 bits per heavy atom. The van der Waals surface area contributed by atoms with Gasteiger partial charge in [-0.2, -0.15) is 5.10 Å². The van der Waals surface area contributed by atoms with Gasteiger partial charge < -0.3 is 0 Å². The van der Waals surface area contributed by atoms with Gasteiger partial charge in [-0.05, 0) is 12.8 Å². The largest absolute Gasteiger partial charge is 0.294 e. The second kappa shape index (κ2) is 3.76. The summed E-state index contributed by atoms with van der Waals surface area (Å²) in [6, 6.07) is 0. The van der Waals surface area contributed by atoms with Gasteiger partial charge in [-0.15, -0.1) is 0 Å². The van der Waals surface area contributed by atoms with Crippen molar-refractivity contribution in [1.29, 1.82) is 0 Å². The van der Waals surface area contributed by atoms with Crippen LogP contribution in [0.25, 0.3) is 11.4 Å². The Hall–Kier alpha value is -2.04. The number of carbonyl (C=O) groups is 1. The van der Waals surface area contributed by atoms with Gasteiger partial charge >= 0.3 is 0 Å². The van der Waals surface area contributed by atoms with Crippen LogP contribution in [0.5, 0.6) is 0 Å². The molecule has 17 heavy (non-hydrogen) atoms. The van der Waals surface area contributed by atoms with Crippen molar-refractivity contribution in [2.24, 2.45) is 7.05 Å². The van der Waals surface area contributed by atoms with Crippen LogP contribution < -0.4 is 0 Å². The van der Waals surface area contributed by atoms with Crippen molar-refractivity contribution < 1.29 is 4.79 Å². The molecule has 0 aromatic carbocycles. The maximum absolute atomic E-state index is 11.6. The van der Waals surface area contributed by atoms with E-state index < -0.39 is 0 Å². The zero-order valence-electron chi connectivity index (χ0n) is 9.55. The van der Waals surface area contributed by atoms with Crippen molar-refractivity contribution >= 4 is 5.78 Å². The van der Waals surface area contributed by atoms with E-state index in [1.165, 1.54) is 0 Å². The number of aromatic nitrogens is 4. The summed E-state index contributed by atoms with van der Waals surface area (Å²) in [7, 11) is 1.85. The minimum absolute atomic E-state index is 0.156. The van der Waals surface area contributed by atoms with Gasteiger partial charge in [0.15, 0.2) is 11.6 Å². The number of rotatable bonds is 1. The van der Waals surface area contributed by atoms with Crippen LogP contribution >= 0.6 is 0 Å². The molecule has 0 saturated heterocycles. The van der Waals surface area contributed by atoms with Crippen LogP contribution in [0.3, 0.4) is 0 Å². The van der Waals surface area contributed by atoms with Crippen molar-refractivity contribution in [3.8, 4) is 11.4 Å². The molecule has 0 unspecified atom stereocenters. The highest BCUT2D eigenvalue weighted by Gasteiger charge is 2.19. The van der Waals surface area contributed by atoms with E-state index in [9.17, 15) is 4.79 Å². The molecule has 3 rings (SSSR count). The van der Waals surface area contributed by atoms with Gasteiger partial charge in [0.2, 0.25) is 0 Å². The van der Waals surface area contributed by atoms with Gasteiger partial charge in [-0.3, -0.25) is 9.48 Å². The molecule has 2 heterocycles. The number of hydrogen-bond donors (Lipinski definition) is 0. The summed E-state index contributed by atoms with van der Waals surface area (Å²) < 4.78 is 1.71. The normalized spacial score (nSPS) is 14.8. The van der Waals surface area contributed by atoms with E-state index in [2.05, 4.69) is 15.1 Å². The van der Waals surface area contributed by atoms with Gasteiger partial charge in [-0.25, -0.2) is 9.97 Å². The molecule has 0 N–H and O–H groups in total. The lowest BCUT2D eigenvalue weighted by Gasteiger charge is -2.13. The highest BCUT2D eigenvalue weighted by Crippen LogP contribution is 2.21. The standard InChI is InChI=1S/C12H12N4O/c1-16-7-8(5-14-16)12-13-6-9-10(15-12)3-2-4-11(9)17/h5-7H,2-4H2,1H3. The smallest absolute Gasteiger partial charge is 0.166 e. The molecule has 0 bridgehead atoms. The average Bonchev–Trinajstić information content (AvgIpc) is 2.76. The lowest BCUT2D eigenvalue weighted by atomic mass is 9.96. The fraction of sp³-hybridized carbons (Fsp3) is 0.333. The molecule has 1 aliphatic carbocycles. The summed E-state index contributed by atoms with van der Waals surface area (Å²) in [5, 5.41) is 4.09. The van der Waals surface area contributed by atoms with Crippen LogP contribution in [0.2, 0.25) is 0 Å². The predicted molar refractivity (Wildman–Crippen MR) is 61.5 cm³/mol. The first kappa shape index (κ1) is 10.1. The zero-order valence-corrected chi connectivity index (χ0v) is 9.55. The maximum Gasteiger partial charge on any atom is 0.166 e. The van der Waals surface area contributed by atoms with Gasteiger partial charge in [0.05, 0.1) is 23.0 Å². The number of fused-ring (bicyclic) bond motifs is 1. The van der Waals surface area contributed by atoms with Gasteiger partial charge in [-0.1, -0.05) is 0 Å². The summed E-state index contributed by atoms with van der Waals surface area (Å²) in [6.07, 6.45) is 7.60. The van der Waals surface area contributed by atoms with E-state index in [1.807, 2.05) is 13.2 Å². The van der Waals surface area contributed by atoms with E-state index in [1.54, 1.807) is 17.1 Å². The Balaban J connectivity index is 2.06. The molecule has 86 valence electrons. The van der Waals surface area contributed by atoms with Gasteiger partial charge in [0.25, 0.3) is 0 Å². The molecule has 0 fully saturated rings. The Labute approximate surface area is 98.5 Å². The zero-order chi connectivity index (χ0) is 11.8. The lowest BCUT2D eigenvalue weighted by Crippen LogP contribution is -2.13. The molecule has 0 atom stereocenters. The van der Waals surface area contributed by atoms with E-state index in [4.69, 9.17) is 0 Å². The van der Waals surface area contributed by atoms with Crippen molar-refractivity contribution in [1.82, 2.24) is 19.7 Å². The SMILES string of the molecule is Cn1cc(-c2ncc3c(n2)CCCC3=O)cn1. The monoisotopic (exact) mass is 228 g/mol. The Morgan fingerprint density at radius 3 is 2.94 bits per heavy atom. The molecule has 5 nitrogen and oxygen atoms in total. The summed E-state index contributed by atoms with van der Waals surface area (Å²) >= 11 is 0. The van der Waals surface area contributed by atoms with E-state index in [0.717, 1.165) is 24.1 Å². The fourth-order valence-electron chi connectivity index (χ4n) is 2.07. The van der Waals surface area contributed by atoms with Crippen molar-refractivity contribution in [3.63, 3.8) is 0 Å². The third kappa shape index (κ3) is 1.73. The fourth-order valence-corrected chi connectivity index (χ4v) is 2.07. The molecule has 2 aromatic heterocycles. The van der Waals surface area contributed by atoms with Gasteiger partial charge in [0.1, 0.15) is 0 Å². The molecule has 0 spiro atoms. The highest BCUT2D eigenvalue weighted by molar-refractivity contribution is 5.97. The molecule has 1 aliphatic rings. The lowest BCUT2D eigenvalue weighted by molar-refractivity contribution is 0.0971. The molecule has 2 aromatic rings. The first-order chi connectivity index (χ1) is 8.24. The summed E-state index contributed by atoms with van der Waals surface area (Å²) in [6.45, 7) is 0. The molecular weight excluding hydrogens is 216 g/mol. The molecule has 0 aliphatic heterocycles. The maximum atomic E-state index is 11.6. The number of carbonyl (C=O) groups excluding carboxylic acids is 1. The second-order valence-corrected chi connectivity index (χ2v) is 4.23. The molecule has 0 radical (unpaired) electrons. The molecule has 0 amide bonds. The average molecular weight is 228 g/mol. The molecular formula is C12H12N4O. The van der Waals surface area contributed by atoms with Crippen LogP contribution in [0.1, 0.15) is 28.9 Å². The predicted octanol–water partition coefficient (Wildman–Crippen LogP) is 1.40. The number of hydrogen-bond acceptors (Lipinski definition) is 4.